The minimum atomic E-state index is -0.126. The van der Waals surface area contributed by atoms with Crippen LogP contribution in [0.25, 0.3) is 0 Å². The molecule has 0 bridgehead atoms. The molecule has 1 heterocycles. The lowest BCUT2D eigenvalue weighted by atomic mass is 10.0. The Kier molecular flexibility index (Phi) is 13.2. The second-order valence-corrected chi connectivity index (χ2v) is 8.45. The molecule has 25 heavy (non-hydrogen) atoms. The molecule has 1 atom stereocenters. The topological polar surface area (TPSA) is 37.4 Å². The highest BCUT2D eigenvalue weighted by molar-refractivity contribution is 8.00. The van der Waals surface area contributed by atoms with Gasteiger partial charge in [-0.3, -0.25) is 14.5 Å². The molecular formula is C21H39NO2S. The number of hydrogen-bond acceptors (Lipinski definition) is 3. The zero-order valence-electron chi connectivity index (χ0n) is 16.6. The van der Waals surface area contributed by atoms with E-state index >= 15 is 0 Å². The fourth-order valence-electron chi connectivity index (χ4n) is 3.54. The Labute approximate surface area is 159 Å². The summed E-state index contributed by atoms with van der Waals surface area (Å²) in [4.78, 5) is 25.3. The van der Waals surface area contributed by atoms with Crippen molar-refractivity contribution in [2.45, 2.75) is 108 Å². The molecule has 1 saturated heterocycles. The van der Waals surface area contributed by atoms with Crippen LogP contribution in [0.3, 0.4) is 0 Å². The second kappa shape index (κ2) is 14.6. The summed E-state index contributed by atoms with van der Waals surface area (Å²) in [5.74, 6) is 0.0613. The van der Waals surface area contributed by atoms with Crippen molar-refractivity contribution in [2.75, 3.05) is 12.8 Å². The second-order valence-electron chi connectivity index (χ2n) is 7.41. The molecule has 1 fully saturated rings. The van der Waals surface area contributed by atoms with Crippen molar-refractivity contribution in [1.29, 1.82) is 0 Å². The summed E-state index contributed by atoms with van der Waals surface area (Å²) in [5, 5.41) is -0.126. The van der Waals surface area contributed by atoms with Crippen molar-refractivity contribution in [1.82, 2.24) is 4.90 Å². The number of unbranched alkanes of at least 4 members (excludes halogenated alkanes) is 13. The number of rotatable bonds is 16. The van der Waals surface area contributed by atoms with Gasteiger partial charge in [0.1, 0.15) is 0 Å². The van der Waals surface area contributed by atoms with Crippen molar-refractivity contribution in [3.63, 3.8) is 0 Å². The number of thioether (sulfide) groups is 1. The van der Waals surface area contributed by atoms with Crippen LogP contribution in [-0.4, -0.2) is 34.8 Å². The lowest BCUT2D eigenvalue weighted by Gasteiger charge is -2.14. The number of likely N-dealkylation sites (tertiary alicyclic amines) is 1. The van der Waals surface area contributed by atoms with E-state index in [9.17, 15) is 9.59 Å². The van der Waals surface area contributed by atoms with Crippen molar-refractivity contribution in [2.24, 2.45) is 0 Å². The number of carbonyl (C=O) groups is 2. The van der Waals surface area contributed by atoms with Crippen LogP contribution >= 0.6 is 11.8 Å². The van der Waals surface area contributed by atoms with Gasteiger partial charge in [-0.1, -0.05) is 90.4 Å². The first-order chi connectivity index (χ1) is 12.2. The monoisotopic (exact) mass is 369 g/mol. The zero-order valence-corrected chi connectivity index (χ0v) is 17.4. The van der Waals surface area contributed by atoms with Crippen molar-refractivity contribution >= 4 is 23.6 Å². The lowest BCUT2D eigenvalue weighted by Crippen LogP contribution is -2.32. The molecule has 0 aromatic carbocycles. The summed E-state index contributed by atoms with van der Waals surface area (Å²) >= 11 is 1.50. The number of hydrogen-bond donors (Lipinski definition) is 0. The Morgan fingerprint density at radius 2 is 1.24 bits per heavy atom. The minimum absolute atomic E-state index is 0.0269. The summed E-state index contributed by atoms with van der Waals surface area (Å²) in [5.41, 5.74) is 0. The Hall–Kier alpha value is -0.510. The normalized spacial score (nSPS) is 17.7. The number of imide groups is 1. The van der Waals surface area contributed by atoms with Crippen LogP contribution in [0.15, 0.2) is 0 Å². The molecule has 0 spiro atoms. The van der Waals surface area contributed by atoms with Crippen molar-refractivity contribution in [3.05, 3.63) is 0 Å². The molecule has 0 aromatic rings. The Bertz CT molecular complexity index is 373. The zero-order chi connectivity index (χ0) is 18.3. The van der Waals surface area contributed by atoms with Gasteiger partial charge in [-0.15, -0.1) is 0 Å². The van der Waals surface area contributed by atoms with Gasteiger partial charge < -0.3 is 0 Å². The highest BCUT2D eigenvalue weighted by Crippen LogP contribution is 2.23. The summed E-state index contributed by atoms with van der Waals surface area (Å²) in [6.45, 7) is 2.90. The molecule has 146 valence electrons. The van der Waals surface area contributed by atoms with Crippen LogP contribution in [-0.2, 0) is 9.59 Å². The van der Waals surface area contributed by atoms with Gasteiger partial charge in [0.05, 0.1) is 5.25 Å². The smallest absolute Gasteiger partial charge is 0.242 e. The summed E-state index contributed by atoms with van der Waals surface area (Å²) in [6.07, 6.45) is 20.9. The van der Waals surface area contributed by atoms with Gasteiger partial charge >= 0.3 is 0 Å². The molecule has 0 radical (unpaired) electrons. The maximum atomic E-state index is 12.0. The highest BCUT2D eigenvalue weighted by atomic mass is 32.2. The standard InChI is InChI=1S/C21H39NO2S/c1-3-4-5-6-7-8-9-10-11-12-13-14-15-16-17-22-20(23)18-19(25-2)21(22)24/h19H,3-18H2,1-2H3. The van der Waals surface area contributed by atoms with E-state index in [0.29, 0.717) is 13.0 Å². The van der Waals surface area contributed by atoms with Gasteiger partial charge in [-0.2, -0.15) is 11.8 Å². The lowest BCUT2D eigenvalue weighted by molar-refractivity contribution is -0.138. The van der Waals surface area contributed by atoms with Crippen LogP contribution in [0.1, 0.15) is 103 Å². The van der Waals surface area contributed by atoms with Crippen LogP contribution in [0, 0.1) is 0 Å². The maximum absolute atomic E-state index is 12.0. The molecule has 0 aromatic heterocycles. The molecular weight excluding hydrogens is 330 g/mol. The molecule has 0 saturated carbocycles. The third kappa shape index (κ3) is 9.67. The molecule has 1 rings (SSSR count). The Morgan fingerprint density at radius 3 is 1.64 bits per heavy atom. The molecule has 2 amide bonds. The van der Waals surface area contributed by atoms with Gasteiger partial charge in [0.15, 0.2) is 0 Å². The van der Waals surface area contributed by atoms with E-state index in [4.69, 9.17) is 0 Å². The van der Waals surface area contributed by atoms with E-state index in [-0.39, 0.29) is 17.1 Å². The first-order valence-electron chi connectivity index (χ1n) is 10.6. The van der Waals surface area contributed by atoms with E-state index in [1.807, 2.05) is 6.26 Å². The predicted molar refractivity (Wildman–Crippen MR) is 109 cm³/mol. The summed E-state index contributed by atoms with van der Waals surface area (Å²) in [6, 6.07) is 0. The third-order valence-electron chi connectivity index (χ3n) is 5.22. The first kappa shape index (κ1) is 22.5. The van der Waals surface area contributed by atoms with E-state index in [0.717, 1.165) is 12.8 Å². The summed E-state index contributed by atoms with van der Waals surface area (Å²) < 4.78 is 0. The molecule has 1 unspecified atom stereocenters. The van der Waals surface area contributed by atoms with Crippen LogP contribution in [0.2, 0.25) is 0 Å². The van der Waals surface area contributed by atoms with Gasteiger partial charge in [0.2, 0.25) is 11.8 Å². The van der Waals surface area contributed by atoms with E-state index in [1.165, 1.54) is 93.7 Å². The highest BCUT2D eigenvalue weighted by Gasteiger charge is 2.37. The van der Waals surface area contributed by atoms with E-state index in [1.54, 1.807) is 0 Å². The largest absolute Gasteiger partial charge is 0.282 e. The van der Waals surface area contributed by atoms with Crippen LogP contribution in [0.5, 0.6) is 0 Å². The van der Waals surface area contributed by atoms with Gasteiger partial charge in [0, 0.05) is 13.0 Å². The molecule has 3 nitrogen and oxygen atoms in total. The molecule has 0 aliphatic carbocycles. The first-order valence-corrected chi connectivity index (χ1v) is 11.9. The third-order valence-corrected chi connectivity index (χ3v) is 6.16. The summed E-state index contributed by atoms with van der Waals surface area (Å²) in [7, 11) is 0. The van der Waals surface area contributed by atoms with Gasteiger partial charge in [-0.25, -0.2) is 0 Å². The van der Waals surface area contributed by atoms with Gasteiger partial charge in [-0.05, 0) is 12.7 Å². The average molecular weight is 370 g/mol. The maximum Gasteiger partial charge on any atom is 0.242 e. The fourth-order valence-corrected chi connectivity index (χ4v) is 4.17. The number of carbonyl (C=O) groups excluding carboxylic acids is 2. The predicted octanol–water partition coefficient (Wildman–Crippen LogP) is 5.96. The van der Waals surface area contributed by atoms with Crippen molar-refractivity contribution < 1.29 is 9.59 Å². The SMILES string of the molecule is CCCCCCCCCCCCCCCCN1C(=O)CC(SC)C1=O. The number of amides is 2. The Balaban J connectivity index is 1.85. The Morgan fingerprint density at radius 1 is 0.800 bits per heavy atom. The van der Waals surface area contributed by atoms with Gasteiger partial charge in [0.25, 0.3) is 0 Å². The van der Waals surface area contributed by atoms with E-state index < -0.39 is 0 Å². The minimum Gasteiger partial charge on any atom is -0.282 e. The quantitative estimate of drug-likeness (QED) is 0.249. The molecule has 1 aliphatic heterocycles. The average Bonchev–Trinajstić information content (AvgIpc) is 2.89. The molecule has 0 N–H and O–H groups in total. The number of nitrogens with zero attached hydrogens (tertiary/aromatic N) is 1. The van der Waals surface area contributed by atoms with Crippen LogP contribution in [0.4, 0.5) is 0 Å². The molecule has 1 aliphatic rings. The molecule has 4 heteroatoms. The van der Waals surface area contributed by atoms with E-state index in [2.05, 4.69) is 6.92 Å². The van der Waals surface area contributed by atoms with Crippen molar-refractivity contribution in [3.8, 4) is 0 Å². The fraction of sp³-hybridized carbons (Fsp3) is 0.905. The van der Waals surface area contributed by atoms with Crippen LogP contribution < -0.4 is 0 Å².